The topological polar surface area (TPSA) is 52.6 Å². The molecule has 0 aliphatic heterocycles. The molecule has 2 saturated carbocycles. The Labute approximate surface area is 120 Å². The van der Waals surface area contributed by atoms with Crippen LogP contribution in [-0.2, 0) is 19.0 Å². The second-order valence-electron chi connectivity index (χ2n) is 5.91. The Morgan fingerprint density at radius 3 is 2.30 bits per heavy atom. The highest BCUT2D eigenvalue weighted by Gasteiger charge is 2.48. The fraction of sp³-hybridized carbons (Fsp3) is 0.600. The quantitative estimate of drug-likeness (QED) is 0.801. The van der Waals surface area contributed by atoms with Crippen molar-refractivity contribution in [3.8, 4) is 0 Å². The van der Waals surface area contributed by atoms with Gasteiger partial charge in [-0.2, -0.15) is 8.42 Å². The zero-order valence-corrected chi connectivity index (χ0v) is 12.6. The molecule has 0 heterocycles. The van der Waals surface area contributed by atoms with E-state index in [0.717, 1.165) is 24.8 Å². The van der Waals surface area contributed by atoms with E-state index in [9.17, 15) is 8.42 Å². The van der Waals surface area contributed by atoms with Crippen molar-refractivity contribution in [3.05, 3.63) is 29.8 Å². The molecule has 0 unspecified atom stereocenters. The molecule has 20 heavy (non-hydrogen) atoms. The zero-order chi connectivity index (χ0) is 14.3. The molecule has 1 aromatic rings. The van der Waals surface area contributed by atoms with Gasteiger partial charge in [0, 0.05) is 13.0 Å². The van der Waals surface area contributed by atoms with Crippen LogP contribution in [0.5, 0.6) is 0 Å². The molecule has 0 spiro atoms. The van der Waals surface area contributed by atoms with Crippen LogP contribution in [0.2, 0.25) is 0 Å². The van der Waals surface area contributed by atoms with E-state index in [-0.39, 0.29) is 23.0 Å². The van der Waals surface area contributed by atoms with E-state index >= 15 is 0 Å². The maximum Gasteiger partial charge on any atom is 0.297 e. The van der Waals surface area contributed by atoms with Crippen LogP contribution in [0, 0.1) is 18.8 Å². The highest BCUT2D eigenvalue weighted by atomic mass is 32.2. The maximum absolute atomic E-state index is 12.3. The number of methoxy groups -OCH3 is 1. The van der Waals surface area contributed by atoms with Gasteiger partial charge in [0.2, 0.25) is 0 Å². The van der Waals surface area contributed by atoms with E-state index in [1.54, 1.807) is 31.4 Å². The summed E-state index contributed by atoms with van der Waals surface area (Å²) in [6.45, 7) is 1.93. The average Bonchev–Trinajstić information content (AvgIpc) is 2.97. The average molecular weight is 296 g/mol. The number of ether oxygens (including phenoxy) is 1. The number of fused-ring (bicyclic) bond motifs is 2. The van der Waals surface area contributed by atoms with Crippen molar-refractivity contribution in [3.63, 3.8) is 0 Å². The summed E-state index contributed by atoms with van der Waals surface area (Å²) in [5.74, 6) is 0.758. The second-order valence-corrected chi connectivity index (χ2v) is 7.49. The smallest absolute Gasteiger partial charge is 0.297 e. The van der Waals surface area contributed by atoms with Crippen molar-refractivity contribution in [2.75, 3.05) is 7.11 Å². The lowest BCUT2D eigenvalue weighted by molar-refractivity contribution is 0.00513. The first-order valence-electron chi connectivity index (χ1n) is 7.02. The molecule has 0 radical (unpaired) electrons. The molecule has 2 fully saturated rings. The maximum atomic E-state index is 12.3. The van der Waals surface area contributed by atoms with Gasteiger partial charge in [0.15, 0.2) is 0 Å². The van der Waals surface area contributed by atoms with E-state index in [1.807, 2.05) is 6.92 Å². The van der Waals surface area contributed by atoms with Crippen molar-refractivity contribution < 1.29 is 17.3 Å². The lowest BCUT2D eigenvalue weighted by Crippen LogP contribution is -2.33. The van der Waals surface area contributed by atoms with Crippen molar-refractivity contribution in [1.82, 2.24) is 0 Å². The zero-order valence-electron chi connectivity index (χ0n) is 11.8. The summed E-state index contributed by atoms with van der Waals surface area (Å²) in [4.78, 5) is 0.236. The number of rotatable bonds is 4. The largest absolute Gasteiger partial charge is 0.381 e. The fourth-order valence-electron chi connectivity index (χ4n) is 3.53. The molecule has 2 bridgehead atoms. The summed E-state index contributed by atoms with van der Waals surface area (Å²) in [7, 11) is -1.98. The van der Waals surface area contributed by atoms with Gasteiger partial charge in [-0.3, -0.25) is 4.18 Å². The van der Waals surface area contributed by atoms with Crippen LogP contribution in [0.15, 0.2) is 29.2 Å². The van der Waals surface area contributed by atoms with Crippen molar-refractivity contribution in [2.24, 2.45) is 11.8 Å². The van der Waals surface area contributed by atoms with Crippen LogP contribution in [-0.4, -0.2) is 27.7 Å². The summed E-state index contributed by atoms with van der Waals surface area (Å²) in [5, 5.41) is 0. The summed E-state index contributed by atoms with van der Waals surface area (Å²) < 4.78 is 35.5. The Bertz CT molecular complexity index is 578. The Hall–Kier alpha value is -0.910. The van der Waals surface area contributed by atoms with Gasteiger partial charge in [-0.15, -0.1) is 0 Å². The minimum atomic E-state index is -3.67. The molecule has 5 heteroatoms. The summed E-state index contributed by atoms with van der Waals surface area (Å²) in [5.41, 5.74) is 1.03. The Morgan fingerprint density at radius 2 is 1.70 bits per heavy atom. The Kier molecular flexibility index (Phi) is 3.60. The highest BCUT2D eigenvalue weighted by Crippen LogP contribution is 2.48. The fourth-order valence-corrected chi connectivity index (χ4v) is 4.66. The first-order valence-corrected chi connectivity index (χ1v) is 8.43. The molecule has 4 nitrogen and oxygen atoms in total. The molecule has 0 amide bonds. The van der Waals surface area contributed by atoms with Crippen LogP contribution in [0.4, 0.5) is 0 Å². The van der Waals surface area contributed by atoms with E-state index < -0.39 is 10.1 Å². The van der Waals surface area contributed by atoms with Gasteiger partial charge in [-0.1, -0.05) is 17.7 Å². The summed E-state index contributed by atoms with van der Waals surface area (Å²) in [6, 6.07) is 6.78. The molecule has 0 N–H and O–H groups in total. The van der Waals surface area contributed by atoms with Gasteiger partial charge in [-0.05, 0) is 44.2 Å². The molecule has 3 rings (SSSR count). The molecule has 2 aliphatic carbocycles. The van der Waals surface area contributed by atoms with E-state index in [0.29, 0.717) is 5.92 Å². The first kappa shape index (κ1) is 14.0. The number of hydrogen-bond donors (Lipinski definition) is 0. The SMILES string of the molecule is CO[C@H]1C[C@H]2C[C@@H]1[C@H](OS(=O)(=O)c1ccc(C)cc1)C2. The molecule has 0 aromatic heterocycles. The number of aryl methyl sites for hydroxylation is 1. The minimum Gasteiger partial charge on any atom is -0.381 e. The number of benzene rings is 1. The molecule has 1 aromatic carbocycles. The van der Waals surface area contributed by atoms with E-state index in [4.69, 9.17) is 8.92 Å². The van der Waals surface area contributed by atoms with Gasteiger partial charge in [0.1, 0.15) is 0 Å². The lowest BCUT2D eigenvalue weighted by Gasteiger charge is -2.27. The predicted molar refractivity (Wildman–Crippen MR) is 74.9 cm³/mol. The van der Waals surface area contributed by atoms with Gasteiger partial charge < -0.3 is 4.74 Å². The van der Waals surface area contributed by atoms with E-state index in [2.05, 4.69) is 0 Å². The van der Waals surface area contributed by atoms with Crippen molar-refractivity contribution in [1.29, 1.82) is 0 Å². The molecule has 0 saturated heterocycles. The van der Waals surface area contributed by atoms with Crippen LogP contribution in [0.3, 0.4) is 0 Å². The predicted octanol–water partition coefficient (Wildman–Crippen LogP) is 2.51. The van der Waals surface area contributed by atoms with Crippen LogP contribution < -0.4 is 0 Å². The van der Waals surface area contributed by atoms with Crippen LogP contribution >= 0.6 is 0 Å². The van der Waals surface area contributed by atoms with Crippen molar-refractivity contribution in [2.45, 2.75) is 43.3 Å². The lowest BCUT2D eigenvalue weighted by atomic mass is 9.95. The molecular formula is C15H20O4S. The molecular weight excluding hydrogens is 276 g/mol. The number of hydrogen-bond acceptors (Lipinski definition) is 4. The van der Waals surface area contributed by atoms with Crippen LogP contribution in [0.1, 0.15) is 24.8 Å². The van der Waals surface area contributed by atoms with Crippen molar-refractivity contribution >= 4 is 10.1 Å². The van der Waals surface area contributed by atoms with Gasteiger partial charge in [0.25, 0.3) is 10.1 Å². The van der Waals surface area contributed by atoms with Gasteiger partial charge in [0.05, 0.1) is 17.1 Å². The highest BCUT2D eigenvalue weighted by molar-refractivity contribution is 7.86. The monoisotopic (exact) mass is 296 g/mol. The molecule has 110 valence electrons. The third-order valence-electron chi connectivity index (χ3n) is 4.55. The first-order chi connectivity index (χ1) is 9.49. The third kappa shape index (κ3) is 2.50. The summed E-state index contributed by atoms with van der Waals surface area (Å²) >= 11 is 0. The summed E-state index contributed by atoms with van der Waals surface area (Å²) in [6.07, 6.45) is 2.80. The van der Waals surface area contributed by atoms with Gasteiger partial charge in [-0.25, -0.2) is 0 Å². The normalized spacial score (nSPS) is 32.7. The third-order valence-corrected chi connectivity index (χ3v) is 5.90. The second kappa shape index (κ2) is 5.13. The Morgan fingerprint density at radius 1 is 1.05 bits per heavy atom. The van der Waals surface area contributed by atoms with Gasteiger partial charge >= 0.3 is 0 Å². The van der Waals surface area contributed by atoms with E-state index in [1.165, 1.54) is 0 Å². The Balaban J connectivity index is 1.76. The molecule has 2 aliphatic rings. The minimum absolute atomic E-state index is 0.145. The molecule has 4 atom stereocenters. The standard InChI is InChI=1S/C15H20O4S/c1-10-3-5-12(6-4-10)20(16,17)19-15-9-11-7-13(15)14(8-11)18-2/h3-6,11,13-15H,7-9H2,1-2H3/t11-,13+,14+,15-/m1/s1. The van der Waals surface area contributed by atoms with Crippen LogP contribution in [0.25, 0.3) is 0 Å².